The number of nitrogens with zero attached hydrogens (tertiary/aromatic N) is 2. The number of carbonyl (C=O) groups is 1. The lowest BCUT2D eigenvalue weighted by atomic mass is 10.0. The van der Waals surface area contributed by atoms with Gasteiger partial charge in [-0.1, -0.05) is 20.8 Å². The summed E-state index contributed by atoms with van der Waals surface area (Å²) in [4.78, 5) is 12.1. The summed E-state index contributed by atoms with van der Waals surface area (Å²) in [5.41, 5.74) is 1.38. The monoisotopic (exact) mass is 298 g/mol. The van der Waals surface area contributed by atoms with Crippen molar-refractivity contribution in [3.05, 3.63) is 17.5 Å². The standard InChI is InChI=1S/C13H20N2O2S.C2H6/c1-9-5-4-6-15(8-9)18-12-7-11(13(16)17)14(3)10(12)2;1-2/h7,9H,4-6,8H2,1-3H3,(H,16,17);1-2H3. The summed E-state index contributed by atoms with van der Waals surface area (Å²) < 4.78 is 4.10. The highest BCUT2D eigenvalue weighted by molar-refractivity contribution is 7.97. The third kappa shape index (κ3) is 4.03. The minimum atomic E-state index is -0.862. The van der Waals surface area contributed by atoms with E-state index < -0.39 is 5.97 Å². The molecule has 0 spiro atoms. The smallest absolute Gasteiger partial charge is 0.352 e. The summed E-state index contributed by atoms with van der Waals surface area (Å²) >= 11 is 1.70. The molecule has 20 heavy (non-hydrogen) atoms. The van der Waals surface area contributed by atoms with Crippen LogP contribution >= 0.6 is 11.9 Å². The molecule has 2 heterocycles. The number of hydrogen-bond acceptors (Lipinski definition) is 3. The molecule has 0 radical (unpaired) electrons. The van der Waals surface area contributed by atoms with E-state index in [1.54, 1.807) is 22.6 Å². The zero-order chi connectivity index (χ0) is 15.3. The molecular weight excluding hydrogens is 272 g/mol. The molecule has 0 saturated carbocycles. The normalized spacial score (nSPS) is 19.4. The highest BCUT2D eigenvalue weighted by atomic mass is 32.2. The lowest BCUT2D eigenvalue weighted by Crippen LogP contribution is -2.28. The van der Waals surface area contributed by atoms with Crippen LogP contribution in [0.4, 0.5) is 0 Å². The van der Waals surface area contributed by atoms with Crippen LogP contribution in [-0.4, -0.2) is 33.0 Å². The lowest BCUT2D eigenvalue weighted by molar-refractivity contribution is 0.0686. The van der Waals surface area contributed by atoms with Crippen LogP contribution in [0, 0.1) is 12.8 Å². The van der Waals surface area contributed by atoms with Gasteiger partial charge in [0.05, 0.1) is 0 Å². The molecule has 1 fully saturated rings. The first-order chi connectivity index (χ1) is 9.49. The summed E-state index contributed by atoms with van der Waals surface area (Å²) in [6.07, 6.45) is 2.52. The van der Waals surface area contributed by atoms with Gasteiger partial charge >= 0.3 is 5.97 Å². The van der Waals surface area contributed by atoms with Gasteiger partial charge in [-0.3, -0.25) is 0 Å². The summed E-state index contributed by atoms with van der Waals surface area (Å²) in [5, 5.41) is 9.11. The average Bonchev–Trinajstić information content (AvgIpc) is 2.70. The molecule has 1 aromatic heterocycles. The van der Waals surface area contributed by atoms with Crippen molar-refractivity contribution in [1.29, 1.82) is 0 Å². The maximum Gasteiger partial charge on any atom is 0.352 e. The highest BCUT2D eigenvalue weighted by Gasteiger charge is 2.21. The van der Waals surface area contributed by atoms with Crippen LogP contribution in [0.25, 0.3) is 0 Å². The van der Waals surface area contributed by atoms with E-state index in [2.05, 4.69) is 11.2 Å². The zero-order valence-corrected chi connectivity index (χ0v) is 14.0. The van der Waals surface area contributed by atoms with E-state index in [0.717, 1.165) is 29.6 Å². The average molecular weight is 298 g/mol. The molecule has 0 bridgehead atoms. The maximum absolute atomic E-state index is 11.1. The highest BCUT2D eigenvalue weighted by Crippen LogP contribution is 2.31. The van der Waals surface area contributed by atoms with Gasteiger partial charge in [-0.25, -0.2) is 9.10 Å². The Labute approximate surface area is 126 Å². The number of aromatic carboxylic acids is 1. The number of carboxylic acid groups (broad SMARTS) is 1. The second-order valence-corrected chi connectivity index (χ2v) is 6.21. The Bertz CT molecular complexity index is 457. The van der Waals surface area contributed by atoms with Crippen LogP contribution in [0.1, 0.15) is 49.8 Å². The second-order valence-electron chi connectivity index (χ2n) is 5.07. The molecule has 1 N–H and O–H groups in total. The molecule has 1 unspecified atom stereocenters. The fraction of sp³-hybridized carbons (Fsp3) is 0.667. The van der Waals surface area contributed by atoms with Gasteiger partial charge in [0.25, 0.3) is 0 Å². The van der Waals surface area contributed by atoms with Crippen molar-refractivity contribution in [2.75, 3.05) is 13.1 Å². The SMILES string of the molecule is CC.Cc1c(SN2CCCC(C)C2)cc(C(=O)O)n1C. The van der Waals surface area contributed by atoms with Crippen molar-refractivity contribution in [1.82, 2.24) is 8.87 Å². The van der Waals surface area contributed by atoms with Gasteiger partial charge in [0.15, 0.2) is 0 Å². The van der Waals surface area contributed by atoms with Crippen LogP contribution in [0.15, 0.2) is 11.0 Å². The molecule has 2 rings (SSSR count). The molecule has 0 amide bonds. The molecule has 1 saturated heterocycles. The van der Waals surface area contributed by atoms with Crippen LogP contribution in [0.2, 0.25) is 0 Å². The van der Waals surface area contributed by atoms with Crippen molar-refractivity contribution in [2.45, 2.75) is 45.4 Å². The summed E-state index contributed by atoms with van der Waals surface area (Å²) in [6.45, 7) is 10.4. The molecule has 5 heteroatoms. The fourth-order valence-electron chi connectivity index (χ4n) is 2.34. The fourth-order valence-corrected chi connectivity index (χ4v) is 3.60. The Morgan fingerprint density at radius 2 is 2.10 bits per heavy atom. The lowest BCUT2D eigenvalue weighted by Gasteiger charge is -2.29. The molecule has 1 atom stereocenters. The number of piperidine rings is 1. The second kappa shape index (κ2) is 7.74. The maximum atomic E-state index is 11.1. The van der Waals surface area contributed by atoms with Gasteiger partial charge in [-0.2, -0.15) is 0 Å². The zero-order valence-electron chi connectivity index (χ0n) is 13.1. The molecular formula is C15H26N2O2S. The van der Waals surface area contributed by atoms with E-state index >= 15 is 0 Å². The van der Waals surface area contributed by atoms with Gasteiger partial charge in [-0.05, 0) is 43.7 Å². The van der Waals surface area contributed by atoms with Crippen LogP contribution < -0.4 is 0 Å². The Morgan fingerprint density at radius 1 is 1.45 bits per heavy atom. The number of hydrogen-bond donors (Lipinski definition) is 1. The first kappa shape index (κ1) is 17.1. The van der Waals surface area contributed by atoms with E-state index in [4.69, 9.17) is 5.11 Å². The molecule has 1 aliphatic rings. The van der Waals surface area contributed by atoms with Gasteiger partial charge < -0.3 is 9.67 Å². The van der Waals surface area contributed by atoms with E-state index in [0.29, 0.717) is 5.69 Å². The van der Waals surface area contributed by atoms with Gasteiger partial charge in [0.1, 0.15) is 5.69 Å². The van der Waals surface area contributed by atoms with E-state index in [1.807, 2.05) is 27.8 Å². The predicted molar refractivity (Wildman–Crippen MR) is 84.3 cm³/mol. The first-order valence-corrected chi connectivity index (χ1v) is 8.09. The Kier molecular flexibility index (Phi) is 6.62. The molecule has 0 aromatic carbocycles. The van der Waals surface area contributed by atoms with Gasteiger partial charge in [0, 0.05) is 30.7 Å². The Morgan fingerprint density at radius 3 is 2.60 bits per heavy atom. The van der Waals surface area contributed by atoms with Crippen molar-refractivity contribution < 1.29 is 9.90 Å². The third-order valence-corrected chi connectivity index (χ3v) is 4.75. The summed E-state index contributed by atoms with van der Waals surface area (Å²) in [6, 6.07) is 1.78. The Hall–Kier alpha value is -0.940. The van der Waals surface area contributed by atoms with Crippen LogP contribution in [0.5, 0.6) is 0 Å². The van der Waals surface area contributed by atoms with Crippen molar-refractivity contribution in [3.8, 4) is 0 Å². The number of aromatic nitrogens is 1. The number of carboxylic acids is 1. The Balaban J connectivity index is 0.000000956. The van der Waals surface area contributed by atoms with Gasteiger partial charge in [0.2, 0.25) is 0 Å². The predicted octanol–water partition coefficient (Wildman–Crippen LogP) is 3.80. The molecule has 114 valence electrons. The van der Waals surface area contributed by atoms with Crippen LogP contribution in [-0.2, 0) is 7.05 Å². The van der Waals surface area contributed by atoms with Crippen molar-refractivity contribution >= 4 is 17.9 Å². The largest absolute Gasteiger partial charge is 0.477 e. The topological polar surface area (TPSA) is 45.5 Å². The van der Waals surface area contributed by atoms with Crippen molar-refractivity contribution in [3.63, 3.8) is 0 Å². The summed E-state index contributed by atoms with van der Waals surface area (Å²) in [7, 11) is 1.81. The number of rotatable bonds is 3. The van der Waals surface area contributed by atoms with E-state index in [1.165, 1.54) is 12.8 Å². The minimum absolute atomic E-state index is 0.361. The van der Waals surface area contributed by atoms with E-state index in [-0.39, 0.29) is 0 Å². The van der Waals surface area contributed by atoms with Crippen LogP contribution in [0.3, 0.4) is 0 Å². The summed E-state index contributed by atoms with van der Waals surface area (Å²) in [5.74, 6) is -0.131. The quantitative estimate of drug-likeness (QED) is 0.862. The first-order valence-electron chi connectivity index (χ1n) is 7.31. The van der Waals surface area contributed by atoms with Crippen molar-refractivity contribution in [2.24, 2.45) is 13.0 Å². The minimum Gasteiger partial charge on any atom is -0.477 e. The van der Waals surface area contributed by atoms with E-state index in [9.17, 15) is 4.79 Å². The third-order valence-electron chi connectivity index (χ3n) is 3.56. The molecule has 0 aliphatic carbocycles. The van der Waals surface area contributed by atoms with Gasteiger partial charge in [-0.15, -0.1) is 0 Å². The molecule has 4 nitrogen and oxygen atoms in total. The molecule has 1 aliphatic heterocycles. The molecule has 1 aromatic rings.